The van der Waals surface area contributed by atoms with Gasteiger partial charge < -0.3 is 9.47 Å². The van der Waals surface area contributed by atoms with Crippen molar-refractivity contribution in [2.75, 3.05) is 7.11 Å². The molecule has 0 saturated heterocycles. The van der Waals surface area contributed by atoms with Gasteiger partial charge in [-0.05, 0) is 30.3 Å². The Kier molecular flexibility index (Phi) is 5.26. The van der Waals surface area contributed by atoms with Crippen LogP contribution in [-0.4, -0.2) is 7.11 Å². The molecule has 106 valence electrons. The molecule has 5 heteroatoms. The lowest BCUT2D eigenvalue weighted by Crippen LogP contribution is -2.00. The number of hydrogen-bond acceptors (Lipinski definition) is 2. The SMILES string of the molecule is COc1ccc(COc2ccc(Br)cc2CCl)c(F)c1. The van der Waals surface area contributed by atoms with Gasteiger partial charge in [0, 0.05) is 21.7 Å². The zero-order chi connectivity index (χ0) is 14.5. The second kappa shape index (κ2) is 6.95. The molecule has 2 rings (SSSR count). The third kappa shape index (κ3) is 3.64. The molecular formula is C15H13BrClFO2. The summed E-state index contributed by atoms with van der Waals surface area (Å²) in [6.07, 6.45) is 0. The molecule has 2 aromatic carbocycles. The van der Waals surface area contributed by atoms with Crippen LogP contribution in [-0.2, 0) is 12.5 Å². The summed E-state index contributed by atoms with van der Waals surface area (Å²) in [6.45, 7) is 0.140. The molecule has 2 nitrogen and oxygen atoms in total. The zero-order valence-corrected chi connectivity index (χ0v) is 13.2. The molecule has 0 fully saturated rings. The summed E-state index contributed by atoms with van der Waals surface area (Å²) in [7, 11) is 1.50. The molecule has 0 amide bonds. The van der Waals surface area contributed by atoms with Crippen molar-refractivity contribution in [3.8, 4) is 11.5 Å². The van der Waals surface area contributed by atoms with Crippen LogP contribution in [0.5, 0.6) is 11.5 Å². The van der Waals surface area contributed by atoms with Crippen LogP contribution in [0.15, 0.2) is 40.9 Å². The first kappa shape index (κ1) is 15.1. The monoisotopic (exact) mass is 358 g/mol. The highest BCUT2D eigenvalue weighted by molar-refractivity contribution is 9.10. The first-order valence-electron chi connectivity index (χ1n) is 5.93. The van der Waals surface area contributed by atoms with Crippen LogP contribution in [0.25, 0.3) is 0 Å². The Balaban J connectivity index is 2.12. The molecule has 2 aromatic rings. The molecule has 0 aromatic heterocycles. The van der Waals surface area contributed by atoms with E-state index in [9.17, 15) is 4.39 Å². The Morgan fingerprint density at radius 1 is 1.15 bits per heavy atom. The minimum Gasteiger partial charge on any atom is -0.497 e. The maximum atomic E-state index is 13.8. The van der Waals surface area contributed by atoms with E-state index in [0.29, 0.717) is 22.9 Å². The van der Waals surface area contributed by atoms with Gasteiger partial charge in [0.05, 0.1) is 13.0 Å². The largest absolute Gasteiger partial charge is 0.497 e. The van der Waals surface area contributed by atoms with Gasteiger partial charge in [-0.15, -0.1) is 11.6 Å². The number of halogens is 3. The summed E-state index contributed by atoms with van der Waals surface area (Å²) in [5, 5.41) is 0. The van der Waals surface area contributed by atoms with E-state index in [4.69, 9.17) is 21.1 Å². The molecule has 0 aliphatic carbocycles. The van der Waals surface area contributed by atoms with E-state index >= 15 is 0 Å². The van der Waals surface area contributed by atoms with Crippen LogP contribution in [0.2, 0.25) is 0 Å². The highest BCUT2D eigenvalue weighted by Gasteiger charge is 2.08. The van der Waals surface area contributed by atoms with E-state index in [1.807, 2.05) is 18.2 Å². The summed E-state index contributed by atoms with van der Waals surface area (Å²) in [6, 6.07) is 10.2. The second-order valence-corrected chi connectivity index (χ2v) is 5.31. The number of ether oxygens (including phenoxy) is 2. The lowest BCUT2D eigenvalue weighted by molar-refractivity contribution is 0.297. The summed E-state index contributed by atoms with van der Waals surface area (Å²) in [5.41, 5.74) is 1.32. The van der Waals surface area contributed by atoms with Gasteiger partial charge in [-0.25, -0.2) is 4.39 Å². The topological polar surface area (TPSA) is 18.5 Å². The smallest absolute Gasteiger partial charge is 0.133 e. The minimum absolute atomic E-state index is 0.140. The van der Waals surface area contributed by atoms with Gasteiger partial charge in [0.2, 0.25) is 0 Å². The second-order valence-electron chi connectivity index (χ2n) is 4.13. The van der Waals surface area contributed by atoms with Crippen LogP contribution >= 0.6 is 27.5 Å². The van der Waals surface area contributed by atoms with Crippen LogP contribution < -0.4 is 9.47 Å². The van der Waals surface area contributed by atoms with Crippen molar-refractivity contribution in [3.05, 3.63) is 57.8 Å². The molecule has 0 N–H and O–H groups in total. The first-order valence-corrected chi connectivity index (χ1v) is 7.26. The van der Waals surface area contributed by atoms with Gasteiger partial charge >= 0.3 is 0 Å². The van der Waals surface area contributed by atoms with E-state index in [0.717, 1.165) is 10.0 Å². The van der Waals surface area contributed by atoms with Crippen LogP contribution in [0.3, 0.4) is 0 Å². The molecular weight excluding hydrogens is 347 g/mol. The number of hydrogen-bond donors (Lipinski definition) is 0. The van der Waals surface area contributed by atoms with Crippen LogP contribution in [0.4, 0.5) is 4.39 Å². The average Bonchev–Trinajstić information content (AvgIpc) is 2.46. The summed E-state index contributed by atoms with van der Waals surface area (Å²) >= 11 is 9.24. The molecule has 0 aliphatic heterocycles. The molecule has 0 aliphatic rings. The summed E-state index contributed by atoms with van der Waals surface area (Å²) < 4.78 is 25.3. The van der Waals surface area contributed by atoms with E-state index in [2.05, 4.69) is 15.9 Å². The lowest BCUT2D eigenvalue weighted by atomic mass is 10.2. The van der Waals surface area contributed by atoms with Crippen molar-refractivity contribution in [1.29, 1.82) is 0 Å². The highest BCUT2D eigenvalue weighted by atomic mass is 79.9. The van der Waals surface area contributed by atoms with Crippen LogP contribution in [0.1, 0.15) is 11.1 Å². The Morgan fingerprint density at radius 3 is 2.60 bits per heavy atom. The molecule has 0 spiro atoms. The Labute approximate surface area is 130 Å². The van der Waals surface area contributed by atoms with Crippen molar-refractivity contribution >= 4 is 27.5 Å². The Morgan fingerprint density at radius 2 is 1.95 bits per heavy atom. The number of rotatable bonds is 5. The average molecular weight is 360 g/mol. The Hall–Kier alpha value is -1.26. The number of benzene rings is 2. The number of alkyl halides is 1. The molecule has 0 bridgehead atoms. The molecule has 0 radical (unpaired) electrons. The van der Waals surface area contributed by atoms with E-state index in [-0.39, 0.29) is 12.4 Å². The predicted octanol–water partition coefficient (Wildman–Crippen LogP) is 4.91. The van der Waals surface area contributed by atoms with Gasteiger partial charge in [0.1, 0.15) is 23.9 Å². The van der Waals surface area contributed by atoms with Crippen molar-refractivity contribution in [2.45, 2.75) is 12.5 Å². The van der Waals surface area contributed by atoms with Crippen LogP contribution in [0, 0.1) is 5.82 Å². The molecule has 0 unspecified atom stereocenters. The maximum absolute atomic E-state index is 13.8. The summed E-state index contributed by atoms with van der Waals surface area (Å²) in [5.74, 6) is 1.11. The van der Waals surface area contributed by atoms with E-state index in [1.165, 1.54) is 13.2 Å². The predicted molar refractivity (Wildman–Crippen MR) is 81.0 cm³/mol. The zero-order valence-electron chi connectivity index (χ0n) is 10.8. The Bertz CT molecular complexity index is 604. The normalized spacial score (nSPS) is 10.4. The quantitative estimate of drug-likeness (QED) is 0.706. The lowest BCUT2D eigenvalue weighted by Gasteiger charge is -2.11. The minimum atomic E-state index is -0.353. The van der Waals surface area contributed by atoms with Gasteiger partial charge in [-0.2, -0.15) is 0 Å². The molecule has 0 saturated carbocycles. The third-order valence-electron chi connectivity index (χ3n) is 2.81. The van der Waals surface area contributed by atoms with Crippen molar-refractivity contribution < 1.29 is 13.9 Å². The van der Waals surface area contributed by atoms with Gasteiger partial charge in [0.25, 0.3) is 0 Å². The standard InChI is InChI=1S/C15H13BrClFO2/c1-19-13-4-2-10(14(18)7-13)9-20-15-5-3-12(16)6-11(15)8-17/h2-7H,8-9H2,1H3. The fourth-order valence-electron chi connectivity index (χ4n) is 1.72. The van der Waals surface area contributed by atoms with Gasteiger partial charge in [0.15, 0.2) is 0 Å². The molecule has 20 heavy (non-hydrogen) atoms. The maximum Gasteiger partial charge on any atom is 0.133 e. The molecule has 0 atom stereocenters. The van der Waals surface area contributed by atoms with Crippen molar-refractivity contribution in [1.82, 2.24) is 0 Å². The number of methoxy groups -OCH3 is 1. The fraction of sp³-hybridized carbons (Fsp3) is 0.200. The van der Waals surface area contributed by atoms with Gasteiger partial charge in [-0.1, -0.05) is 15.9 Å². The fourth-order valence-corrected chi connectivity index (χ4v) is 2.34. The third-order valence-corrected chi connectivity index (χ3v) is 3.59. The first-order chi connectivity index (χ1) is 9.63. The van der Waals surface area contributed by atoms with E-state index in [1.54, 1.807) is 12.1 Å². The van der Waals surface area contributed by atoms with Crippen molar-refractivity contribution in [3.63, 3.8) is 0 Å². The summed E-state index contributed by atoms with van der Waals surface area (Å²) in [4.78, 5) is 0. The van der Waals surface area contributed by atoms with E-state index < -0.39 is 0 Å². The van der Waals surface area contributed by atoms with Crippen molar-refractivity contribution in [2.24, 2.45) is 0 Å². The van der Waals surface area contributed by atoms with Gasteiger partial charge in [-0.3, -0.25) is 0 Å². The highest BCUT2D eigenvalue weighted by Crippen LogP contribution is 2.26. The molecule has 0 heterocycles.